The number of aliphatic hydroxyl groups excluding tert-OH is 1. The number of piperidine rings is 1. The molecule has 5 N–H and O–H groups in total. The lowest BCUT2D eigenvalue weighted by Gasteiger charge is -2.49. The average molecular weight is 1080 g/mol. The number of fused-ring (bicyclic) bond motifs is 1. The van der Waals surface area contributed by atoms with E-state index in [2.05, 4.69) is 64.3 Å². The number of aryl methyl sites for hydroxylation is 1. The number of carbonyl (C=O) groups is 3. The number of anilines is 3. The molecule has 0 bridgehead atoms. The highest BCUT2D eigenvalue weighted by atomic mass is 32.1. The number of likely N-dealkylation sites (tertiary alicyclic amines) is 3. The van der Waals surface area contributed by atoms with Gasteiger partial charge in [0.15, 0.2) is 11.5 Å². The van der Waals surface area contributed by atoms with Gasteiger partial charge in [-0.2, -0.15) is 4.98 Å². The van der Waals surface area contributed by atoms with Gasteiger partial charge >= 0.3 is 6.03 Å². The number of thiazole rings is 1. The summed E-state index contributed by atoms with van der Waals surface area (Å²) < 4.78 is 3.15. The molecule has 21 heteroatoms. The fourth-order valence-corrected chi connectivity index (χ4v) is 12.0. The zero-order valence-corrected chi connectivity index (χ0v) is 46.2. The van der Waals surface area contributed by atoms with Crippen molar-refractivity contribution in [2.24, 2.45) is 5.41 Å². The summed E-state index contributed by atoms with van der Waals surface area (Å²) in [6, 6.07) is 20.2. The summed E-state index contributed by atoms with van der Waals surface area (Å²) in [6.07, 6.45) is 4.56. The van der Waals surface area contributed by atoms with E-state index in [0.717, 1.165) is 85.2 Å². The van der Waals surface area contributed by atoms with Crippen LogP contribution in [0, 0.1) is 12.3 Å². The Morgan fingerprint density at radius 1 is 0.872 bits per heavy atom. The molecule has 6 aromatic rings. The molecular formula is C57H72N14O6S. The van der Waals surface area contributed by atoms with Gasteiger partial charge < -0.3 is 40.9 Å². The lowest BCUT2D eigenvalue weighted by molar-refractivity contribution is -0.142. The normalized spacial score (nSPS) is 19.5. The van der Waals surface area contributed by atoms with Crippen LogP contribution in [0.3, 0.4) is 0 Å². The van der Waals surface area contributed by atoms with E-state index in [1.54, 1.807) is 59.0 Å². The van der Waals surface area contributed by atoms with Crippen LogP contribution in [0.2, 0.25) is 0 Å². The van der Waals surface area contributed by atoms with E-state index in [0.29, 0.717) is 47.6 Å². The van der Waals surface area contributed by atoms with E-state index in [1.807, 2.05) is 69.6 Å². The van der Waals surface area contributed by atoms with E-state index >= 15 is 0 Å². The highest BCUT2D eigenvalue weighted by Gasteiger charge is 2.46. The second kappa shape index (κ2) is 22.4. The number of aliphatic hydroxyl groups is 2. The second-order valence-electron chi connectivity index (χ2n) is 22.7. The van der Waals surface area contributed by atoms with Crippen molar-refractivity contribution in [2.75, 3.05) is 69.1 Å². The number of allylic oxidation sites excluding steroid dienone is 1. The van der Waals surface area contributed by atoms with Gasteiger partial charge in [-0.3, -0.25) is 24.2 Å². The minimum Gasteiger partial charge on any atom is -0.391 e. The molecule has 0 aliphatic carbocycles. The number of piperazine rings is 1. The molecule has 0 radical (unpaired) electrons. The van der Waals surface area contributed by atoms with Crippen LogP contribution in [0.15, 0.2) is 95.9 Å². The monoisotopic (exact) mass is 1080 g/mol. The van der Waals surface area contributed by atoms with Crippen molar-refractivity contribution in [1.82, 2.24) is 59.5 Å². The van der Waals surface area contributed by atoms with E-state index < -0.39 is 29.2 Å². The molecule has 4 aliphatic heterocycles. The minimum atomic E-state index is -1.18. The van der Waals surface area contributed by atoms with Crippen LogP contribution in [0.25, 0.3) is 27.3 Å². The molecule has 4 fully saturated rings. The first-order chi connectivity index (χ1) is 37.3. The van der Waals surface area contributed by atoms with Gasteiger partial charge in [0, 0.05) is 102 Å². The predicted octanol–water partition coefficient (Wildman–Crippen LogP) is 5.24. The molecular weight excluding hydrogens is 1010 g/mol. The zero-order chi connectivity index (χ0) is 55.0. The lowest BCUT2D eigenvalue weighted by Crippen LogP contribution is -2.67. The number of carbonyl (C=O) groups excluding carboxylic acids is 3. The molecule has 3 atom stereocenters. The highest BCUT2D eigenvalue weighted by Crippen LogP contribution is 2.31. The van der Waals surface area contributed by atoms with Crippen molar-refractivity contribution in [3.63, 3.8) is 0 Å². The summed E-state index contributed by atoms with van der Waals surface area (Å²) >= 11 is 1.58. The first-order valence-corrected chi connectivity index (χ1v) is 27.9. The minimum absolute atomic E-state index is 0.0197. The maximum atomic E-state index is 14.3. The van der Waals surface area contributed by atoms with Crippen molar-refractivity contribution in [1.29, 1.82) is 0 Å². The Morgan fingerprint density at radius 3 is 2.23 bits per heavy atom. The van der Waals surface area contributed by atoms with E-state index in [-0.39, 0.29) is 55.5 Å². The van der Waals surface area contributed by atoms with Gasteiger partial charge in [-0.05, 0) is 86.6 Å². The second-order valence-corrected chi connectivity index (χ2v) is 23.6. The van der Waals surface area contributed by atoms with Crippen molar-refractivity contribution in [3.05, 3.63) is 118 Å². The molecule has 0 saturated carbocycles. The number of β-amino-alcohol motifs (C(OH)–C–C–N with tert-alkyl or cyclic N) is 1. The maximum absolute atomic E-state index is 14.3. The Bertz CT molecular complexity index is 3200. The van der Waals surface area contributed by atoms with Gasteiger partial charge in [0.1, 0.15) is 23.1 Å². The first kappa shape index (κ1) is 54.3. The molecule has 78 heavy (non-hydrogen) atoms. The van der Waals surface area contributed by atoms with Crippen molar-refractivity contribution in [3.8, 4) is 16.3 Å². The van der Waals surface area contributed by atoms with Gasteiger partial charge in [0.25, 0.3) is 5.56 Å². The van der Waals surface area contributed by atoms with Crippen LogP contribution in [0.5, 0.6) is 0 Å². The van der Waals surface area contributed by atoms with Crippen LogP contribution in [-0.4, -0.2) is 166 Å². The summed E-state index contributed by atoms with van der Waals surface area (Å²) in [5.41, 5.74) is 5.44. The standard InChI is InChI=1S/C57H72N14O6S/c1-8-22-70-52(74)44-31-59-54(64-50(44)71(70)47-11-9-10-46(62-47)57(6,7)77)61-39-16-18-40(19-17-39)66-25-27-67(28-26-66)41-20-23-65(24-21-41)42-32-68(33-42)55(76)63-49(56(3,4)5)53(75)69-34-43(72)29-45(69)51(73)58-30-37-12-14-38(15-13-37)48-36(2)60-35-78-48/h8-19,31,35,41-43,45,49,72,77H,1,20-30,32-34H2,2-7H3,(H,58,73)(H,63,76)(H,59,61,64)/t43-,45+,49-/m1/s1. The third-order valence-corrected chi connectivity index (χ3v) is 16.7. The molecule has 0 spiro atoms. The molecule has 8 heterocycles. The summed E-state index contributed by atoms with van der Waals surface area (Å²) in [6.45, 7) is 22.2. The first-order valence-electron chi connectivity index (χ1n) is 27.0. The van der Waals surface area contributed by atoms with Crippen molar-refractivity contribution >= 4 is 57.5 Å². The predicted molar refractivity (Wildman–Crippen MR) is 302 cm³/mol. The van der Waals surface area contributed by atoms with Crippen LogP contribution >= 0.6 is 11.3 Å². The van der Waals surface area contributed by atoms with E-state index in [9.17, 15) is 29.4 Å². The van der Waals surface area contributed by atoms with Crippen LogP contribution in [0.4, 0.5) is 22.1 Å². The summed E-state index contributed by atoms with van der Waals surface area (Å²) in [5.74, 6) is 0.0548. The van der Waals surface area contributed by atoms with Gasteiger partial charge in [0.05, 0.1) is 34.4 Å². The van der Waals surface area contributed by atoms with Gasteiger partial charge in [-0.25, -0.2) is 29.1 Å². The number of nitrogens with one attached hydrogen (secondary N) is 3. The number of pyridine rings is 1. The fourth-order valence-electron chi connectivity index (χ4n) is 11.2. The quantitative estimate of drug-likeness (QED) is 0.0831. The lowest BCUT2D eigenvalue weighted by atomic mass is 9.85. The van der Waals surface area contributed by atoms with Crippen LogP contribution in [-0.2, 0) is 28.3 Å². The van der Waals surface area contributed by atoms with E-state index in [4.69, 9.17) is 4.98 Å². The van der Waals surface area contributed by atoms with Crippen LogP contribution < -0.4 is 26.4 Å². The Kier molecular flexibility index (Phi) is 15.6. The molecule has 4 amide bonds. The number of hydrogen-bond donors (Lipinski definition) is 5. The number of amides is 4. The number of nitrogens with zero attached hydrogens (tertiary/aromatic N) is 11. The van der Waals surface area contributed by atoms with Gasteiger partial charge in [-0.1, -0.05) is 57.2 Å². The third-order valence-electron chi connectivity index (χ3n) is 15.7. The molecule has 10 rings (SSSR count). The maximum Gasteiger partial charge on any atom is 0.318 e. The molecule has 0 unspecified atom stereocenters. The summed E-state index contributed by atoms with van der Waals surface area (Å²) in [5, 5.41) is 31.0. The molecule has 412 valence electrons. The smallest absolute Gasteiger partial charge is 0.318 e. The average Bonchev–Trinajstić information content (AvgIpc) is 4.16. The topological polar surface area (TPSA) is 222 Å². The van der Waals surface area contributed by atoms with Crippen molar-refractivity contribution in [2.45, 2.75) is 110 Å². The number of hydrogen-bond acceptors (Lipinski definition) is 15. The zero-order valence-electron chi connectivity index (χ0n) is 45.4. The fraction of sp³-hybridized carbons (Fsp3) is 0.474. The number of aromatic nitrogens is 6. The third kappa shape index (κ3) is 11.6. The number of rotatable bonds is 15. The molecule has 2 aromatic carbocycles. The Labute approximate surface area is 458 Å². The van der Waals surface area contributed by atoms with Gasteiger partial charge in [-0.15, -0.1) is 17.9 Å². The molecule has 4 saturated heterocycles. The molecule has 4 aromatic heterocycles. The van der Waals surface area contributed by atoms with Crippen molar-refractivity contribution < 1.29 is 24.6 Å². The Morgan fingerprint density at radius 2 is 1.58 bits per heavy atom. The number of benzene rings is 2. The van der Waals surface area contributed by atoms with E-state index in [1.165, 1.54) is 15.8 Å². The summed E-state index contributed by atoms with van der Waals surface area (Å²) in [7, 11) is 0. The van der Waals surface area contributed by atoms with Gasteiger partial charge in [0.2, 0.25) is 17.8 Å². The molecule has 20 nitrogen and oxygen atoms in total. The Balaban J connectivity index is 0.673. The molecule has 4 aliphatic rings. The highest BCUT2D eigenvalue weighted by molar-refractivity contribution is 7.13. The number of urea groups is 1. The SMILES string of the molecule is C=CCn1c(=O)c2cnc(Nc3ccc(N4CCN(C5CCN(C6CN(C(=O)N[C@H](C(=O)N7C[C@H](O)C[C@H]7C(=O)NCc7ccc(-c8scnc8C)cc7)C(C)(C)C)C6)CC5)CC4)cc3)nc2n1-c1cccc(C(C)(C)O)n1. The summed E-state index contributed by atoms with van der Waals surface area (Å²) in [4.78, 5) is 85.3. The Hall–Kier alpha value is -7.04. The van der Waals surface area contributed by atoms with Crippen LogP contribution in [0.1, 0.15) is 70.8 Å². The largest absolute Gasteiger partial charge is 0.391 e.